The Labute approximate surface area is 117 Å². The smallest absolute Gasteiger partial charge is 0.230 e. The van der Waals surface area contributed by atoms with Crippen molar-refractivity contribution < 1.29 is 4.79 Å². The van der Waals surface area contributed by atoms with Gasteiger partial charge in [-0.1, -0.05) is 18.2 Å². The first-order valence-corrected chi connectivity index (χ1v) is 7.08. The number of aromatic nitrogens is 1. The van der Waals surface area contributed by atoms with E-state index < -0.39 is 0 Å². The van der Waals surface area contributed by atoms with E-state index in [-0.39, 0.29) is 5.91 Å². The quantitative estimate of drug-likeness (QED) is 0.851. The number of thioether (sulfide) groups is 1. The van der Waals surface area contributed by atoms with E-state index in [1.54, 1.807) is 24.2 Å². The monoisotopic (exact) mass is 272 g/mol. The Morgan fingerprint density at radius 2 is 1.95 bits per heavy atom. The molecule has 1 heterocycles. The zero-order chi connectivity index (χ0) is 13.5. The van der Waals surface area contributed by atoms with Crippen LogP contribution in [-0.4, -0.2) is 16.6 Å². The highest BCUT2D eigenvalue weighted by Crippen LogP contribution is 2.21. The average molecular weight is 272 g/mol. The van der Waals surface area contributed by atoms with Gasteiger partial charge in [0.25, 0.3) is 0 Å². The maximum absolute atomic E-state index is 11.8. The summed E-state index contributed by atoms with van der Waals surface area (Å²) in [5.41, 5.74) is 2.26. The van der Waals surface area contributed by atoms with Crippen LogP contribution in [0.1, 0.15) is 11.1 Å². The van der Waals surface area contributed by atoms with E-state index in [4.69, 9.17) is 0 Å². The van der Waals surface area contributed by atoms with Gasteiger partial charge < -0.3 is 5.32 Å². The van der Waals surface area contributed by atoms with E-state index in [0.717, 1.165) is 10.5 Å². The number of amides is 1. The van der Waals surface area contributed by atoms with E-state index >= 15 is 0 Å². The molecule has 0 radical (unpaired) electrons. The average Bonchev–Trinajstić information content (AvgIpc) is 2.45. The normalized spacial score (nSPS) is 10.2. The molecule has 0 unspecified atom stereocenters. The molecular weight excluding hydrogens is 256 g/mol. The van der Waals surface area contributed by atoms with Gasteiger partial charge in [0.2, 0.25) is 5.91 Å². The summed E-state index contributed by atoms with van der Waals surface area (Å²) in [7, 11) is 0. The van der Waals surface area contributed by atoms with Crippen LogP contribution in [0.4, 0.5) is 0 Å². The Morgan fingerprint density at radius 1 is 1.21 bits per heavy atom. The van der Waals surface area contributed by atoms with Crippen LogP contribution in [0.2, 0.25) is 0 Å². The lowest BCUT2D eigenvalue weighted by molar-refractivity contribution is -0.118. The SMILES string of the molecule is Cc1ccccc1SCC(=O)NCc1ccncc1. The molecule has 0 aliphatic heterocycles. The van der Waals surface area contributed by atoms with Gasteiger partial charge in [-0.05, 0) is 36.2 Å². The molecule has 3 nitrogen and oxygen atoms in total. The van der Waals surface area contributed by atoms with Crippen LogP contribution < -0.4 is 5.32 Å². The summed E-state index contributed by atoms with van der Waals surface area (Å²) in [6.45, 7) is 2.60. The van der Waals surface area contributed by atoms with Crippen LogP contribution >= 0.6 is 11.8 Å². The summed E-state index contributed by atoms with van der Waals surface area (Å²) >= 11 is 1.57. The Bertz CT molecular complexity index is 543. The third-order valence-corrected chi connectivity index (χ3v) is 3.87. The molecule has 1 amide bonds. The van der Waals surface area contributed by atoms with Gasteiger partial charge in [0, 0.05) is 23.8 Å². The zero-order valence-electron chi connectivity index (χ0n) is 10.8. The molecule has 0 aliphatic carbocycles. The summed E-state index contributed by atoms with van der Waals surface area (Å²) in [4.78, 5) is 16.8. The van der Waals surface area contributed by atoms with Crippen molar-refractivity contribution in [3.63, 3.8) is 0 Å². The molecule has 0 spiro atoms. The fourth-order valence-corrected chi connectivity index (χ4v) is 2.47. The van der Waals surface area contributed by atoms with Crippen molar-refractivity contribution in [1.29, 1.82) is 0 Å². The van der Waals surface area contributed by atoms with Crippen LogP contribution in [0.25, 0.3) is 0 Å². The first kappa shape index (κ1) is 13.6. The Hall–Kier alpha value is -1.81. The van der Waals surface area contributed by atoms with Crippen LogP contribution in [0.5, 0.6) is 0 Å². The van der Waals surface area contributed by atoms with Gasteiger partial charge in [-0.25, -0.2) is 0 Å². The second-order valence-electron chi connectivity index (χ2n) is 4.19. The van der Waals surface area contributed by atoms with Crippen molar-refractivity contribution in [2.24, 2.45) is 0 Å². The van der Waals surface area contributed by atoms with Crippen molar-refractivity contribution in [3.8, 4) is 0 Å². The molecule has 0 atom stereocenters. The van der Waals surface area contributed by atoms with Gasteiger partial charge in [-0.3, -0.25) is 9.78 Å². The Morgan fingerprint density at radius 3 is 2.68 bits per heavy atom. The van der Waals surface area contributed by atoms with Crippen LogP contribution in [0, 0.1) is 6.92 Å². The van der Waals surface area contributed by atoms with Gasteiger partial charge in [0.15, 0.2) is 0 Å². The van der Waals surface area contributed by atoms with Crippen LogP contribution in [0.3, 0.4) is 0 Å². The largest absolute Gasteiger partial charge is 0.351 e. The number of carbonyl (C=O) groups is 1. The van der Waals surface area contributed by atoms with Crippen molar-refractivity contribution in [1.82, 2.24) is 10.3 Å². The van der Waals surface area contributed by atoms with Gasteiger partial charge in [-0.15, -0.1) is 11.8 Å². The third kappa shape index (κ3) is 4.41. The number of hydrogen-bond acceptors (Lipinski definition) is 3. The molecule has 1 aromatic carbocycles. The van der Waals surface area contributed by atoms with E-state index in [1.165, 1.54) is 5.56 Å². The van der Waals surface area contributed by atoms with Crippen LogP contribution in [0.15, 0.2) is 53.7 Å². The van der Waals surface area contributed by atoms with Crippen molar-refractivity contribution in [2.45, 2.75) is 18.4 Å². The molecular formula is C15H16N2OS. The summed E-state index contributed by atoms with van der Waals surface area (Å²) in [5, 5.41) is 2.90. The van der Waals surface area contributed by atoms with Gasteiger partial charge >= 0.3 is 0 Å². The van der Waals surface area contributed by atoms with Gasteiger partial charge in [0.1, 0.15) is 0 Å². The van der Waals surface area contributed by atoms with E-state index in [9.17, 15) is 4.79 Å². The lowest BCUT2D eigenvalue weighted by Crippen LogP contribution is -2.24. The second kappa shape index (κ2) is 6.95. The number of carbonyl (C=O) groups excluding carboxylic acids is 1. The number of rotatable bonds is 5. The molecule has 1 N–H and O–H groups in total. The molecule has 0 saturated carbocycles. The van der Waals surface area contributed by atoms with Crippen molar-refractivity contribution in [3.05, 3.63) is 59.9 Å². The van der Waals surface area contributed by atoms with E-state index in [2.05, 4.69) is 23.3 Å². The zero-order valence-corrected chi connectivity index (χ0v) is 11.6. The summed E-state index contributed by atoms with van der Waals surface area (Å²) in [6, 6.07) is 11.9. The number of aryl methyl sites for hydroxylation is 1. The maximum Gasteiger partial charge on any atom is 0.230 e. The topological polar surface area (TPSA) is 42.0 Å². The van der Waals surface area contributed by atoms with Gasteiger partial charge in [-0.2, -0.15) is 0 Å². The standard InChI is InChI=1S/C15H16N2OS/c1-12-4-2-3-5-14(12)19-11-15(18)17-10-13-6-8-16-9-7-13/h2-9H,10-11H2,1H3,(H,17,18). The van der Waals surface area contributed by atoms with Gasteiger partial charge in [0.05, 0.1) is 5.75 Å². The highest BCUT2D eigenvalue weighted by molar-refractivity contribution is 8.00. The summed E-state index contributed by atoms with van der Waals surface area (Å²) < 4.78 is 0. The molecule has 0 aliphatic rings. The molecule has 98 valence electrons. The third-order valence-electron chi connectivity index (χ3n) is 2.69. The molecule has 1 aromatic heterocycles. The lowest BCUT2D eigenvalue weighted by Gasteiger charge is -2.06. The number of nitrogens with zero attached hydrogens (tertiary/aromatic N) is 1. The fraction of sp³-hybridized carbons (Fsp3) is 0.200. The number of hydrogen-bond donors (Lipinski definition) is 1. The number of pyridine rings is 1. The molecule has 2 aromatic rings. The minimum Gasteiger partial charge on any atom is -0.351 e. The molecule has 0 bridgehead atoms. The first-order chi connectivity index (χ1) is 9.25. The van der Waals surface area contributed by atoms with E-state index in [1.807, 2.05) is 30.3 Å². The molecule has 0 saturated heterocycles. The van der Waals surface area contributed by atoms with Crippen molar-refractivity contribution >= 4 is 17.7 Å². The minimum atomic E-state index is 0.0464. The highest BCUT2D eigenvalue weighted by atomic mass is 32.2. The number of nitrogens with one attached hydrogen (secondary N) is 1. The summed E-state index contributed by atoms with van der Waals surface area (Å²) in [5.74, 6) is 0.487. The molecule has 19 heavy (non-hydrogen) atoms. The maximum atomic E-state index is 11.8. The first-order valence-electron chi connectivity index (χ1n) is 6.10. The van der Waals surface area contributed by atoms with Crippen molar-refractivity contribution in [2.75, 3.05) is 5.75 Å². The van der Waals surface area contributed by atoms with Crippen LogP contribution in [-0.2, 0) is 11.3 Å². The number of benzene rings is 1. The predicted molar refractivity (Wildman–Crippen MR) is 78.0 cm³/mol. The highest BCUT2D eigenvalue weighted by Gasteiger charge is 2.04. The lowest BCUT2D eigenvalue weighted by atomic mass is 10.2. The minimum absolute atomic E-state index is 0.0464. The molecule has 2 rings (SSSR count). The predicted octanol–water partition coefficient (Wildman–Crippen LogP) is 2.80. The van der Waals surface area contributed by atoms with E-state index in [0.29, 0.717) is 12.3 Å². The second-order valence-corrected chi connectivity index (χ2v) is 5.20. The summed E-state index contributed by atoms with van der Waals surface area (Å²) in [6.07, 6.45) is 3.45. The Balaban J connectivity index is 1.78. The Kier molecular flexibility index (Phi) is 4.98. The molecule has 0 fully saturated rings. The molecule has 4 heteroatoms. The fourth-order valence-electron chi connectivity index (χ4n) is 1.61.